The predicted molar refractivity (Wildman–Crippen MR) is 84.6 cm³/mol. The number of hydrogen-bond donors (Lipinski definition) is 2. The van der Waals surface area contributed by atoms with Gasteiger partial charge in [0.1, 0.15) is 5.75 Å². The molecule has 1 saturated heterocycles. The van der Waals surface area contributed by atoms with E-state index < -0.39 is 0 Å². The first kappa shape index (κ1) is 15.2. The summed E-state index contributed by atoms with van der Waals surface area (Å²) in [6, 6.07) is 7.34. The van der Waals surface area contributed by atoms with Crippen LogP contribution in [-0.4, -0.2) is 36.6 Å². The summed E-state index contributed by atoms with van der Waals surface area (Å²) in [4.78, 5) is 11.8. The maximum absolute atomic E-state index is 11.8. The van der Waals surface area contributed by atoms with Crippen molar-refractivity contribution < 1.29 is 9.53 Å². The fraction of sp³-hybridized carbons (Fsp3) is 0.533. The Morgan fingerprint density at radius 1 is 1.40 bits per heavy atom. The number of thioether (sulfide) groups is 1. The third-order valence-electron chi connectivity index (χ3n) is 3.46. The lowest BCUT2D eigenvalue weighted by molar-refractivity contribution is -0.115. The van der Waals surface area contributed by atoms with Crippen LogP contribution in [0.1, 0.15) is 19.8 Å². The van der Waals surface area contributed by atoms with Crippen molar-refractivity contribution in [1.29, 1.82) is 0 Å². The Labute approximate surface area is 124 Å². The van der Waals surface area contributed by atoms with Crippen LogP contribution in [0.5, 0.6) is 5.75 Å². The van der Waals surface area contributed by atoms with Gasteiger partial charge in [-0.05, 0) is 49.8 Å². The molecule has 5 heteroatoms. The van der Waals surface area contributed by atoms with Crippen molar-refractivity contribution in [3.8, 4) is 5.75 Å². The van der Waals surface area contributed by atoms with Crippen molar-refractivity contribution >= 4 is 23.4 Å². The first-order valence-electron chi connectivity index (χ1n) is 6.90. The van der Waals surface area contributed by atoms with Crippen LogP contribution in [-0.2, 0) is 4.79 Å². The van der Waals surface area contributed by atoms with Crippen LogP contribution in [0.2, 0.25) is 0 Å². The summed E-state index contributed by atoms with van der Waals surface area (Å²) >= 11 is 2.00. The molecule has 2 N–H and O–H groups in total. The minimum atomic E-state index is -0.0123. The van der Waals surface area contributed by atoms with E-state index in [0.29, 0.717) is 11.3 Å². The molecule has 1 aromatic carbocycles. The van der Waals surface area contributed by atoms with E-state index in [4.69, 9.17) is 4.74 Å². The molecule has 0 aliphatic carbocycles. The van der Waals surface area contributed by atoms with Gasteiger partial charge in [-0.15, -0.1) is 0 Å². The fourth-order valence-corrected chi connectivity index (χ4v) is 3.57. The van der Waals surface area contributed by atoms with E-state index in [9.17, 15) is 4.79 Å². The van der Waals surface area contributed by atoms with Gasteiger partial charge >= 0.3 is 0 Å². The molecule has 0 spiro atoms. The lowest BCUT2D eigenvalue weighted by Gasteiger charge is -2.22. The van der Waals surface area contributed by atoms with E-state index in [-0.39, 0.29) is 5.91 Å². The molecule has 1 fully saturated rings. The van der Waals surface area contributed by atoms with Crippen LogP contribution in [0.3, 0.4) is 0 Å². The Kier molecular flexibility index (Phi) is 5.31. The summed E-state index contributed by atoms with van der Waals surface area (Å²) in [6.45, 7) is 3.49. The zero-order chi connectivity index (χ0) is 14.4. The van der Waals surface area contributed by atoms with E-state index in [0.717, 1.165) is 18.0 Å². The van der Waals surface area contributed by atoms with Crippen LogP contribution < -0.4 is 15.4 Å². The van der Waals surface area contributed by atoms with E-state index in [1.807, 2.05) is 36.0 Å². The summed E-state index contributed by atoms with van der Waals surface area (Å²) in [7, 11) is 1.62. The fourth-order valence-electron chi connectivity index (χ4n) is 2.30. The van der Waals surface area contributed by atoms with Crippen molar-refractivity contribution in [3.05, 3.63) is 24.3 Å². The maximum Gasteiger partial charge on any atom is 0.238 e. The lowest BCUT2D eigenvalue weighted by atomic mass is 10.1. The molecule has 1 aromatic rings. The third kappa shape index (κ3) is 4.42. The van der Waals surface area contributed by atoms with Gasteiger partial charge in [-0.2, -0.15) is 11.8 Å². The van der Waals surface area contributed by atoms with Gasteiger partial charge in [0.25, 0.3) is 0 Å². The van der Waals surface area contributed by atoms with E-state index >= 15 is 0 Å². The van der Waals surface area contributed by atoms with E-state index in [1.165, 1.54) is 18.6 Å². The lowest BCUT2D eigenvalue weighted by Crippen LogP contribution is -2.37. The molecule has 1 heterocycles. The smallest absolute Gasteiger partial charge is 0.238 e. The van der Waals surface area contributed by atoms with Crippen molar-refractivity contribution in [2.24, 2.45) is 0 Å². The van der Waals surface area contributed by atoms with Gasteiger partial charge in [0.05, 0.1) is 13.7 Å². The molecule has 1 atom stereocenters. The Morgan fingerprint density at radius 3 is 2.75 bits per heavy atom. The van der Waals surface area contributed by atoms with Gasteiger partial charge in [-0.25, -0.2) is 0 Å². The second kappa shape index (κ2) is 6.99. The number of hydrogen-bond acceptors (Lipinski definition) is 4. The highest BCUT2D eigenvalue weighted by atomic mass is 32.2. The first-order valence-corrected chi connectivity index (χ1v) is 7.88. The number of benzene rings is 1. The van der Waals surface area contributed by atoms with Gasteiger partial charge in [-0.1, -0.05) is 0 Å². The zero-order valence-corrected chi connectivity index (χ0v) is 12.9. The second-order valence-corrected chi connectivity index (χ2v) is 6.96. The predicted octanol–water partition coefficient (Wildman–Crippen LogP) is 2.51. The molecule has 4 nitrogen and oxygen atoms in total. The largest absolute Gasteiger partial charge is 0.497 e. The number of rotatable bonds is 6. The molecule has 2 rings (SSSR count). The topological polar surface area (TPSA) is 50.4 Å². The van der Waals surface area contributed by atoms with E-state index in [1.54, 1.807) is 7.11 Å². The van der Waals surface area contributed by atoms with E-state index in [2.05, 4.69) is 17.6 Å². The zero-order valence-electron chi connectivity index (χ0n) is 12.1. The van der Waals surface area contributed by atoms with Crippen LogP contribution in [0.4, 0.5) is 5.69 Å². The first-order chi connectivity index (χ1) is 9.61. The highest BCUT2D eigenvalue weighted by molar-refractivity contribution is 8.00. The van der Waals surface area contributed by atoms with Gasteiger partial charge in [0.15, 0.2) is 0 Å². The Hall–Kier alpha value is -1.20. The van der Waals surface area contributed by atoms with Gasteiger partial charge < -0.3 is 15.4 Å². The number of anilines is 1. The quantitative estimate of drug-likeness (QED) is 0.846. The molecule has 1 aliphatic heterocycles. The van der Waals surface area contributed by atoms with Crippen LogP contribution in [0, 0.1) is 0 Å². The maximum atomic E-state index is 11.8. The van der Waals surface area contributed by atoms with Crippen LogP contribution in [0.25, 0.3) is 0 Å². The number of amides is 1. The molecule has 1 unspecified atom stereocenters. The third-order valence-corrected chi connectivity index (χ3v) is 5.00. The van der Waals surface area contributed by atoms with Gasteiger partial charge in [-0.3, -0.25) is 4.79 Å². The molecular weight excluding hydrogens is 272 g/mol. The summed E-state index contributed by atoms with van der Waals surface area (Å²) in [5.41, 5.74) is 0.791. The van der Waals surface area contributed by atoms with Crippen LogP contribution in [0.15, 0.2) is 24.3 Å². The van der Waals surface area contributed by atoms with Gasteiger partial charge in [0.2, 0.25) is 5.91 Å². The Morgan fingerprint density at radius 2 is 2.15 bits per heavy atom. The number of ether oxygens (including phenoxy) is 1. The molecule has 1 aliphatic rings. The highest BCUT2D eigenvalue weighted by Gasteiger charge is 2.28. The summed E-state index contributed by atoms with van der Waals surface area (Å²) in [6.07, 6.45) is 2.51. The Balaban J connectivity index is 1.72. The summed E-state index contributed by atoms with van der Waals surface area (Å²) < 4.78 is 5.37. The average molecular weight is 294 g/mol. The Bertz CT molecular complexity index is 442. The van der Waals surface area contributed by atoms with Crippen LogP contribution >= 0.6 is 11.8 Å². The van der Waals surface area contributed by atoms with Crippen molar-refractivity contribution in [3.63, 3.8) is 0 Å². The molecule has 0 bridgehead atoms. The number of methoxy groups -OCH3 is 1. The second-order valence-electron chi connectivity index (χ2n) is 5.28. The van der Waals surface area contributed by atoms with Crippen molar-refractivity contribution in [1.82, 2.24) is 5.32 Å². The van der Waals surface area contributed by atoms with Gasteiger partial charge in [0, 0.05) is 17.0 Å². The van der Waals surface area contributed by atoms with Crippen molar-refractivity contribution in [2.75, 3.05) is 31.3 Å². The number of carbonyl (C=O) groups is 1. The monoisotopic (exact) mass is 294 g/mol. The molecule has 110 valence electrons. The SMILES string of the molecule is COc1ccc(NC(=O)CNCC2(C)CCCS2)cc1. The minimum Gasteiger partial charge on any atom is -0.497 e. The molecule has 0 aromatic heterocycles. The summed E-state index contributed by atoms with van der Waals surface area (Å²) in [5.74, 6) is 2.00. The highest BCUT2D eigenvalue weighted by Crippen LogP contribution is 2.36. The molecule has 1 amide bonds. The molecular formula is C15H22N2O2S. The molecule has 0 saturated carbocycles. The number of nitrogens with one attached hydrogen (secondary N) is 2. The minimum absolute atomic E-state index is 0.0123. The summed E-state index contributed by atoms with van der Waals surface area (Å²) in [5, 5.41) is 6.12. The molecule has 20 heavy (non-hydrogen) atoms. The molecule has 0 radical (unpaired) electrons. The van der Waals surface area contributed by atoms with Crippen molar-refractivity contribution in [2.45, 2.75) is 24.5 Å². The standard InChI is InChI=1S/C15H22N2O2S/c1-15(8-3-9-20-15)11-16-10-14(18)17-12-4-6-13(19-2)7-5-12/h4-7,16H,3,8-11H2,1-2H3,(H,17,18). The number of carbonyl (C=O) groups excluding carboxylic acids is 1. The normalized spacial score (nSPS) is 21.7. The average Bonchev–Trinajstić information content (AvgIpc) is 2.86.